The lowest BCUT2D eigenvalue weighted by Gasteiger charge is -2.29. The second-order valence-electron chi connectivity index (χ2n) is 7.54. The molecule has 28 heavy (non-hydrogen) atoms. The van der Waals surface area contributed by atoms with Crippen molar-refractivity contribution in [1.29, 1.82) is 0 Å². The molecule has 1 atom stereocenters. The molecule has 2 aliphatic rings. The Morgan fingerprint density at radius 3 is 2.43 bits per heavy atom. The smallest absolute Gasteiger partial charge is 0.387 e. The van der Waals surface area contributed by atoms with Crippen molar-refractivity contribution in [2.45, 2.75) is 44.9 Å². The highest BCUT2D eigenvalue weighted by Crippen LogP contribution is 2.38. The van der Waals surface area contributed by atoms with Crippen LogP contribution in [0.1, 0.15) is 36.8 Å². The molecule has 0 aromatic heterocycles. The average molecular weight is 387 g/mol. The Labute approximate surface area is 163 Å². The fraction of sp³-hybridized carbons (Fsp3) is 0.409. The van der Waals surface area contributed by atoms with E-state index in [2.05, 4.69) is 9.31 Å². The molecule has 4 rings (SSSR count). The highest BCUT2D eigenvalue weighted by molar-refractivity contribution is 5.97. The quantitative estimate of drug-likeness (QED) is 0.797. The SMILES string of the molecule is Cc1ccc(N2C3=[N+](CCCCC3)CC2(O)c2ccc(OC(F)F)cc2)cc1. The molecule has 1 N–H and O–H groups in total. The van der Waals surface area contributed by atoms with Gasteiger partial charge in [-0.15, -0.1) is 0 Å². The summed E-state index contributed by atoms with van der Waals surface area (Å²) in [7, 11) is 0. The van der Waals surface area contributed by atoms with E-state index in [1.54, 1.807) is 12.1 Å². The summed E-state index contributed by atoms with van der Waals surface area (Å²) in [5, 5.41) is 11.8. The number of rotatable bonds is 4. The number of halogens is 2. The summed E-state index contributed by atoms with van der Waals surface area (Å²) in [5.74, 6) is 1.21. The third-order valence-electron chi connectivity index (χ3n) is 5.57. The van der Waals surface area contributed by atoms with Crippen molar-refractivity contribution < 1.29 is 23.2 Å². The zero-order chi connectivity index (χ0) is 19.7. The van der Waals surface area contributed by atoms with Crippen LogP contribution in [-0.4, -0.2) is 35.2 Å². The molecule has 0 spiro atoms. The van der Waals surface area contributed by atoms with Crippen molar-refractivity contribution >= 4 is 11.5 Å². The number of nitrogens with zero attached hydrogens (tertiary/aromatic N) is 2. The number of aliphatic hydroxyl groups is 1. The first-order chi connectivity index (χ1) is 13.5. The van der Waals surface area contributed by atoms with Crippen LogP contribution in [-0.2, 0) is 5.72 Å². The Kier molecular flexibility index (Phi) is 5.06. The van der Waals surface area contributed by atoms with Gasteiger partial charge in [0.15, 0.2) is 6.54 Å². The lowest BCUT2D eigenvalue weighted by Crippen LogP contribution is -2.47. The van der Waals surface area contributed by atoms with Crippen molar-refractivity contribution in [2.75, 3.05) is 18.0 Å². The van der Waals surface area contributed by atoms with Gasteiger partial charge in [-0.2, -0.15) is 13.7 Å². The number of anilines is 1. The van der Waals surface area contributed by atoms with Crippen molar-refractivity contribution in [1.82, 2.24) is 0 Å². The molecule has 0 saturated heterocycles. The van der Waals surface area contributed by atoms with E-state index in [0.717, 1.165) is 42.9 Å². The monoisotopic (exact) mass is 387 g/mol. The Morgan fingerprint density at radius 2 is 1.75 bits per heavy atom. The highest BCUT2D eigenvalue weighted by Gasteiger charge is 2.54. The molecule has 0 radical (unpaired) electrons. The molecular formula is C22H25F2N2O2+. The Morgan fingerprint density at radius 1 is 1.04 bits per heavy atom. The summed E-state index contributed by atoms with van der Waals surface area (Å²) in [5.41, 5.74) is 1.49. The Balaban J connectivity index is 1.74. The van der Waals surface area contributed by atoms with E-state index >= 15 is 0 Å². The molecule has 2 aromatic rings. The van der Waals surface area contributed by atoms with E-state index in [1.165, 1.54) is 18.6 Å². The summed E-state index contributed by atoms with van der Waals surface area (Å²) in [6, 6.07) is 14.4. The van der Waals surface area contributed by atoms with Crippen molar-refractivity contribution in [3.8, 4) is 5.75 Å². The number of alkyl halides is 2. The number of hydrogen-bond donors (Lipinski definition) is 1. The molecule has 0 amide bonds. The minimum absolute atomic E-state index is 0.0874. The highest BCUT2D eigenvalue weighted by atomic mass is 19.3. The third-order valence-corrected chi connectivity index (χ3v) is 5.57. The zero-order valence-corrected chi connectivity index (χ0v) is 15.9. The average Bonchev–Trinajstić information content (AvgIpc) is 2.79. The van der Waals surface area contributed by atoms with Gasteiger partial charge >= 0.3 is 6.61 Å². The number of aryl methyl sites for hydroxylation is 1. The summed E-state index contributed by atoms with van der Waals surface area (Å²) >= 11 is 0. The second-order valence-corrected chi connectivity index (χ2v) is 7.54. The number of amidine groups is 1. The molecule has 1 unspecified atom stereocenters. The summed E-state index contributed by atoms with van der Waals surface area (Å²) < 4.78 is 31.6. The summed E-state index contributed by atoms with van der Waals surface area (Å²) in [6.07, 6.45) is 4.27. The second kappa shape index (κ2) is 7.51. The number of hydrogen-bond acceptors (Lipinski definition) is 3. The van der Waals surface area contributed by atoms with E-state index in [-0.39, 0.29) is 5.75 Å². The molecule has 4 nitrogen and oxygen atoms in total. The standard InChI is InChI=1S/C22H25F2N2O2/c1-16-6-10-18(11-7-16)26-20-5-3-2-4-14-25(20)15-22(26,27)17-8-12-19(13-9-17)28-21(23)24/h6-13,21,27H,2-5,14-15H2,1H3/q+1. The van der Waals surface area contributed by atoms with Crippen LogP contribution < -0.4 is 9.64 Å². The van der Waals surface area contributed by atoms with Gasteiger partial charge in [0, 0.05) is 12.0 Å². The molecule has 2 aliphatic heterocycles. The van der Waals surface area contributed by atoms with E-state index in [9.17, 15) is 13.9 Å². The van der Waals surface area contributed by atoms with Crippen LogP contribution in [0.5, 0.6) is 5.75 Å². The minimum Gasteiger partial charge on any atom is -0.435 e. The van der Waals surface area contributed by atoms with E-state index in [4.69, 9.17) is 0 Å². The lowest BCUT2D eigenvalue weighted by atomic mass is 9.99. The van der Waals surface area contributed by atoms with Gasteiger partial charge < -0.3 is 9.84 Å². The molecule has 6 heteroatoms. The molecule has 0 aliphatic carbocycles. The van der Waals surface area contributed by atoms with Crippen molar-refractivity contribution in [3.05, 3.63) is 59.7 Å². The maximum atomic E-state index is 12.5. The van der Waals surface area contributed by atoms with Crippen LogP contribution in [0.2, 0.25) is 0 Å². The summed E-state index contributed by atoms with van der Waals surface area (Å²) in [4.78, 5) is 2.01. The largest absolute Gasteiger partial charge is 0.435 e. The van der Waals surface area contributed by atoms with Gasteiger partial charge in [0.2, 0.25) is 0 Å². The van der Waals surface area contributed by atoms with Gasteiger partial charge in [0.25, 0.3) is 11.6 Å². The number of benzene rings is 2. The molecule has 2 heterocycles. The van der Waals surface area contributed by atoms with E-state index < -0.39 is 12.3 Å². The van der Waals surface area contributed by atoms with Crippen LogP contribution in [0.15, 0.2) is 48.5 Å². The van der Waals surface area contributed by atoms with Crippen molar-refractivity contribution in [3.63, 3.8) is 0 Å². The van der Waals surface area contributed by atoms with Gasteiger partial charge in [-0.05, 0) is 62.6 Å². The predicted molar refractivity (Wildman–Crippen MR) is 104 cm³/mol. The van der Waals surface area contributed by atoms with Crippen molar-refractivity contribution in [2.24, 2.45) is 0 Å². The maximum absolute atomic E-state index is 12.5. The first-order valence-electron chi connectivity index (χ1n) is 9.73. The van der Waals surface area contributed by atoms with Crippen LogP contribution in [0.25, 0.3) is 0 Å². The van der Waals surface area contributed by atoms with E-state index in [0.29, 0.717) is 12.1 Å². The van der Waals surface area contributed by atoms with Crippen LogP contribution in [0.4, 0.5) is 14.5 Å². The van der Waals surface area contributed by atoms with Crippen LogP contribution in [0.3, 0.4) is 0 Å². The zero-order valence-electron chi connectivity index (χ0n) is 15.9. The van der Waals surface area contributed by atoms with Crippen LogP contribution in [0, 0.1) is 6.92 Å². The molecule has 2 aromatic carbocycles. The number of ether oxygens (including phenoxy) is 1. The van der Waals surface area contributed by atoms with Gasteiger partial charge in [0.05, 0.1) is 6.54 Å². The molecule has 148 valence electrons. The van der Waals surface area contributed by atoms with Gasteiger partial charge in [-0.25, -0.2) is 0 Å². The topological polar surface area (TPSA) is 35.7 Å². The fourth-order valence-electron chi connectivity index (χ4n) is 4.20. The predicted octanol–water partition coefficient (Wildman–Crippen LogP) is 4.25. The van der Waals surface area contributed by atoms with Gasteiger partial charge in [-0.1, -0.05) is 17.7 Å². The Hall–Kier alpha value is -2.47. The fourth-order valence-corrected chi connectivity index (χ4v) is 4.20. The summed E-state index contributed by atoms with van der Waals surface area (Å²) in [6.45, 7) is 0.530. The molecule has 0 saturated carbocycles. The Bertz CT molecular complexity index is 865. The third kappa shape index (κ3) is 3.49. The van der Waals surface area contributed by atoms with Gasteiger partial charge in [-0.3, -0.25) is 4.58 Å². The lowest BCUT2D eigenvalue weighted by molar-refractivity contribution is -0.534. The molecular weight excluding hydrogens is 362 g/mol. The van der Waals surface area contributed by atoms with Crippen LogP contribution >= 0.6 is 0 Å². The van der Waals surface area contributed by atoms with Gasteiger partial charge in [0.1, 0.15) is 11.4 Å². The molecule has 0 fully saturated rings. The first kappa shape index (κ1) is 18.9. The maximum Gasteiger partial charge on any atom is 0.387 e. The van der Waals surface area contributed by atoms with E-state index in [1.807, 2.05) is 36.1 Å². The molecule has 0 bridgehead atoms. The normalized spacial score (nSPS) is 22.4. The first-order valence-corrected chi connectivity index (χ1v) is 9.73. The minimum atomic E-state index is -2.86.